The largest absolute Gasteiger partial charge is 0.480 e. The third kappa shape index (κ3) is 4.60. The zero-order chi connectivity index (χ0) is 14.6. The smallest absolute Gasteiger partial charge is 0.406 e. The van der Waals surface area contributed by atoms with Gasteiger partial charge in [-0.3, -0.25) is 14.3 Å². The maximum atomic E-state index is 12.3. The van der Waals surface area contributed by atoms with Crippen LogP contribution in [0.5, 0.6) is 0 Å². The van der Waals surface area contributed by atoms with Gasteiger partial charge >= 0.3 is 12.1 Å². The molecule has 1 amide bonds. The van der Waals surface area contributed by atoms with E-state index >= 15 is 0 Å². The molecule has 19 heavy (non-hydrogen) atoms. The van der Waals surface area contributed by atoms with E-state index in [4.69, 9.17) is 5.11 Å². The molecule has 0 fully saturated rings. The molecule has 0 aromatic carbocycles. The van der Waals surface area contributed by atoms with Crippen molar-refractivity contribution < 1.29 is 27.9 Å². The lowest BCUT2D eigenvalue weighted by molar-refractivity contribution is -0.167. The van der Waals surface area contributed by atoms with Crippen LogP contribution in [-0.2, 0) is 9.59 Å². The predicted molar refractivity (Wildman–Crippen MR) is 57.2 cm³/mol. The van der Waals surface area contributed by atoms with Gasteiger partial charge in [-0.1, -0.05) is 0 Å². The fourth-order valence-electron chi connectivity index (χ4n) is 1.48. The number of carboxylic acids is 1. The van der Waals surface area contributed by atoms with Gasteiger partial charge in [0.15, 0.2) is 0 Å². The summed E-state index contributed by atoms with van der Waals surface area (Å²) in [7, 11) is 0. The fraction of sp³-hybridized carbons (Fsp3) is 0.500. The molecule has 1 aromatic rings. The van der Waals surface area contributed by atoms with Crippen molar-refractivity contribution >= 4 is 11.9 Å². The van der Waals surface area contributed by atoms with Gasteiger partial charge in [-0.05, 0) is 13.0 Å². The van der Waals surface area contributed by atoms with Gasteiger partial charge in [0.1, 0.15) is 19.1 Å². The van der Waals surface area contributed by atoms with Crippen LogP contribution in [0.2, 0.25) is 0 Å². The van der Waals surface area contributed by atoms with E-state index in [2.05, 4.69) is 5.10 Å². The summed E-state index contributed by atoms with van der Waals surface area (Å²) in [4.78, 5) is 22.6. The van der Waals surface area contributed by atoms with Gasteiger partial charge in [0.2, 0.25) is 5.91 Å². The molecule has 6 nitrogen and oxygen atoms in total. The first-order chi connectivity index (χ1) is 8.70. The normalized spacial score (nSPS) is 13.1. The highest BCUT2D eigenvalue weighted by Gasteiger charge is 2.35. The Morgan fingerprint density at radius 1 is 1.47 bits per heavy atom. The highest BCUT2D eigenvalue weighted by Crippen LogP contribution is 2.18. The van der Waals surface area contributed by atoms with Crippen LogP contribution in [0, 0.1) is 0 Å². The second-order valence-corrected chi connectivity index (χ2v) is 3.87. The summed E-state index contributed by atoms with van der Waals surface area (Å²) in [5.41, 5.74) is 0. The Hall–Kier alpha value is -2.06. The Morgan fingerprint density at radius 3 is 2.53 bits per heavy atom. The average Bonchev–Trinajstić information content (AvgIpc) is 2.76. The van der Waals surface area contributed by atoms with Gasteiger partial charge < -0.3 is 10.0 Å². The topological polar surface area (TPSA) is 75.4 Å². The van der Waals surface area contributed by atoms with Gasteiger partial charge in [-0.15, -0.1) is 0 Å². The molecule has 0 saturated heterocycles. The minimum absolute atomic E-state index is 0.245. The van der Waals surface area contributed by atoms with Gasteiger partial charge in [0.05, 0.1) is 0 Å². The molecular weight excluding hydrogens is 267 g/mol. The number of hydrogen-bond acceptors (Lipinski definition) is 3. The number of aliphatic carboxylic acids is 1. The molecule has 0 aliphatic carbocycles. The number of carboxylic acid groups (broad SMARTS) is 1. The van der Waals surface area contributed by atoms with Crippen LogP contribution in [0.15, 0.2) is 18.5 Å². The number of amides is 1. The number of halogens is 3. The monoisotopic (exact) mass is 279 g/mol. The lowest BCUT2D eigenvalue weighted by Gasteiger charge is -2.25. The molecule has 0 saturated carbocycles. The Labute approximate surface area is 106 Å². The van der Waals surface area contributed by atoms with Gasteiger partial charge in [-0.2, -0.15) is 18.3 Å². The molecule has 0 spiro atoms. The number of rotatable bonds is 5. The van der Waals surface area contributed by atoms with E-state index in [9.17, 15) is 22.8 Å². The summed E-state index contributed by atoms with van der Waals surface area (Å²) in [5.74, 6) is -2.46. The highest BCUT2D eigenvalue weighted by molar-refractivity contribution is 5.84. The molecule has 0 aliphatic rings. The molecule has 9 heteroatoms. The van der Waals surface area contributed by atoms with Crippen molar-refractivity contribution in [2.45, 2.75) is 19.1 Å². The maximum Gasteiger partial charge on any atom is 0.406 e. The summed E-state index contributed by atoms with van der Waals surface area (Å²) in [6.07, 6.45) is -1.88. The van der Waals surface area contributed by atoms with Crippen molar-refractivity contribution in [2.75, 3.05) is 13.1 Å². The van der Waals surface area contributed by atoms with E-state index in [1.165, 1.54) is 25.4 Å². The standard InChI is InChI=1S/C10H12F3N3O3/c1-7(16-4-2-3-14-16)9(19)15(5-8(17)18)6-10(11,12)13/h2-4,7H,5-6H2,1H3,(H,17,18). The van der Waals surface area contributed by atoms with Crippen LogP contribution in [0.1, 0.15) is 13.0 Å². The van der Waals surface area contributed by atoms with Gasteiger partial charge in [-0.25, -0.2) is 0 Å². The highest BCUT2D eigenvalue weighted by atomic mass is 19.4. The lowest BCUT2D eigenvalue weighted by Crippen LogP contribution is -2.44. The third-order valence-corrected chi connectivity index (χ3v) is 2.29. The first-order valence-electron chi connectivity index (χ1n) is 5.27. The molecule has 1 aromatic heterocycles. The van der Waals surface area contributed by atoms with Crippen LogP contribution in [0.4, 0.5) is 13.2 Å². The van der Waals surface area contributed by atoms with Crippen LogP contribution >= 0.6 is 0 Å². The summed E-state index contributed by atoms with van der Waals surface area (Å²) in [6, 6.07) is 0.506. The summed E-state index contributed by atoms with van der Waals surface area (Å²) in [6.45, 7) is -1.27. The first kappa shape index (κ1) is 15.0. The fourth-order valence-corrected chi connectivity index (χ4v) is 1.48. The lowest BCUT2D eigenvalue weighted by atomic mass is 10.3. The van der Waals surface area contributed by atoms with Crippen LogP contribution < -0.4 is 0 Å². The number of aromatic nitrogens is 2. The molecule has 1 rings (SSSR count). The average molecular weight is 279 g/mol. The van der Waals surface area contributed by atoms with Crippen molar-refractivity contribution in [3.05, 3.63) is 18.5 Å². The van der Waals surface area contributed by atoms with Gasteiger partial charge in [0.25, 0.3) is 0 Å². The Balaban J connectivity index is 2.84. The number of nitrogens with zero attached hydrogens (tertiary/aromatic N) is 3. The molecule has 1 unspecified atom stereocenters. The number of carbonyl (C=O) groups is 2. The van der Waals surface area contributed by atoms with E-state index < -0.39 is 37.2 Å². The maximum absolute atomic E-state index is 12.3. The van der Waals surface area contributed by atoms with Crippen molar-refractivity contribution in [3.8, 4) is 0 Å². The zero-order valence-electron chi connectivity index (χ0n) is 9.96. The van der Waals surface area contributed by atoms with Crippen LogP contribution in [0.25, 0.3) is 0 Å². The van der Waals surface area contributed by atoms with Crippen molar-refractivity contribution in [2.24, 2.45) is 0 Å². The summed E-state index contributed by atoms with van der Waals surface area (Å²) >= 11 is 0. The minimum Gasteiger partial charge on any atom is -0.480 e. The SMILES string of the molecule is CC(C(=O)N(CC(=O)O)CC(F)(F)F)n1cccn1. The minimum atomic E-state index is -4.66. The quantitative estimate of drug-likeness (QED) is 0.869. The summed E-state index contributed by atoms with van der Waals surface area (Å²) in [5, 5.41) is 12.3. The Morgan fingerprint density at radius 2 is 2.11 bits per heavy atom. The van der Waals surface area contributed by atoms with Crippen LogP contribution in [-0.4, -0.2) is 50.9 Å². The first-order valence-corrected chi connectivity index (χ1v) is 5.27. The number of hydrogen-bond donors (Lipinski definition) is 1. The molecule has 0 aliphatic heterocycles. The molecule has 1 N–H and O–H groups in total. The van der Waals surface area contributed by atoms with Crippen molar-refractivity contribution in [3.63, 3.8) is 0 Å². The Bertz CT molecular complexity index is 445. The molecule has 0 bridgehead atoms. The number of carbonyl (C=O) groups excluding carboxylic acids is 1. The van der Waals surface area contributed by atoms with Gasteiger partial charge in [0, 0.05) is 12.4 Å². The molecule has 1 heterocycles. The second kappa shape index (κ2) is 5.72. The van der Waals surface area contributed by atoms with E-state index in [-0.39, 0.29) is 4.90 Å². The van der Waals surface area contributed by atoms with Crippen molar-refractivity contribution in [1.82, 2.24) is 14.7 Å². The predicted octanol–water partition coefficient (Wildman–Crippen LogP) is 0.920. The molecular formula is C10H12F3N3O3. The van der Waals surface area contributed by atoms with Crippen LogP contribution in [0.3, 0.4) is 0 Å². The van der Waals surface area contributed by atoms with Crippen molar-refractivity contribution in [1.29, 1.82) is 0 Å². The van der Waals surface area contributed by atoms with E-state index in [1.807, 2.05) is 0 Å². The van der Waals surface area contributed by atoms with E-state index in [1.54, 1.807) is 0 Å². The summed E-state index contributed by atoms with van der Waals surface area (Å²) < 4.78 is 38.1. The molecule has 1 atom stereocenters. The zero-order valence-corrected chi connectivity index (χ0v) is 9.96. The Kier molecular flexibility index (Phi) is 4.52. The molecule has 0 radical (unpaired) electrons. The van der Waals surface area contributed by atoms with E-state index in [0.29, 0.717) is 0 Å². The molecule has 106 valence electrons. The second-order valence-electron chi connectivity index (χ2n) is 3.87. The van der Waals surface area contributed by atoms with E-state index in [0.717, 1.165) is 4.68 Å². The number of alkyl halides is 3. The third-order valence-electron chi connectivity index (χ3n) is 2.29.